The van der Waals surface area contributed by atoms with E-state index in [4.69, 9.17) is 0 Å². The van der Waals surface area contributed by atoms with Gasteiger partial charge in [0.25, 0.3) is 0 Å². The number of amides is 1. The smallest absolute Gasteiger partial charge is 0.223 e. The molecule has 2 N–H and O–H groups in total. The maximum absolute atomic E-state index is 12.5. The number of benzene rings is 1. The zero-order valence-corrected chi connectivity index (χ0v) is 13.8. The van der Waals surface area contributed by atoms with Crippen molar-refractivity contribution in [1.82, 2.24) is 5.32 Å². The lowest BCUT2D eigenvalue weighted by atomic mass is 9.76. The monoisotopic (exact) mass is 303 g/mol. The Kier molecular flexibility index (Phi) is 6.44. The Hall–Kier alpha value is -1.35. The molecule has 1 aliphatic rings. The molecule has 1 saturated carbocycles. The molecule has 1 aromatic carbocycles. The molecule has 0 spiro atoms. The lowest BCUT2D eigenvalue weighted by molar-refractivity contribution is -0.127. The number of hydrogen-bond donors (Lipinski definition) is 2. The molecule has 2 rings (SSSR count). The third kappa shape index (κ3) is 4.84. The topological polar surface area (TPSA) is 49.3 Å². The molecule has 1 aliphatic carbocycles. The molecule has 0 bridgehead atoms. The number of aliphatic hydroxyl groups excluding tert-OH is 1. The van der Waals surface area contributed by atoms with Gasteiger partial charge >= 0.3 is 0 Å². The van der Waals surface area contributed by atoms with Crippen molar-refractivity contribution >= 4 is 5.91 Å². The lowest BCUT2D eigenvalue weighted by Crippen LogP contribution is -2.37. The molecule has 122 valence electrons. The molecule has 1 aromatic rings. The highest BCUT2D eigenvalue weighted by Gasteiger charge is 2.29. The van der Waals surface area contributed by atoms with E-state index in [2.05, 4.69) is 31.3 Å². The minimum Gasteiger partial charge on any atom is -0.396 e. The van der Waals surface area contributed by atoms with Crippen molar-refractivity contribution in [2.75, 3.05) is 13.2 Å². The molecule has 1 amide bonds. The second-order valence-corrected chi connectivity index (χ2v) is 6.98. The van der Waals surface area contributed by atoms with Crippen LogP contribution < -0.4 is 5.32 Å². The van der Waals surface area contributed by atoms with E-state index in [0.717, 1.165) is 12.8 Å². The number of aliphatic hydroxyl groups is 1. The Balaban J connectivity index is 1.90. The quantitative estimate of drug-likeness (QED) is 0.847. The van der Waals surface area contributed by atoms with Crippen LogP contribution in [0, 0.1) is 17.8 Å². The predicted octanol–water partition coefficient (Wildman–Crippen LogP) is 3.34. The van der Waals surface area contributed by atoms with E-state index in [0.29, 0.717) is 24.8 Å². The lowest BCUT2D eigenvalue weighted by Gasteiger charge is -2.31. The van der Waals surface area contributed by atoms with E-state index >= 15 is 0 Å². The third-order valence-electron chi connectivity index (χ3n) is 4.82. The van der Waals surface area contributed by atoms with E-state index in [1.165, 1.54) is 12.0 Å². The third-order valence-corrected chi connectivity index (χ3v) is 4.82. The molecule has 0 aromatic heterocycles. The first-order valence-electron chi connectivity index (χ1n) is 8.53. The minimum atomic E-state index is 0.146. The Labute approximate surface area is 134 Å². The molecule has 0 aliphatic heterocycles. The summed E-state index contributed by atoms with van der Waals surface area (Å²) < 4.78 is 0. The summed E-state index contributed by atoms with van der Waals surface area (Å²) in [7, 11) is 0. The van der Waals surface area contributed by atoms with Crippen LogP contribution in [0.25, 0.3) is 0 Å². The van der Waals surface area contributed by atoms with E-state index < -0.39 is 0 Å². The van der Waals surface area contributed by atoms with Crippen molar-refractivity contribution in [2.24, 2.45) is 17.8 Å². The van der Waals surface area contributed by atoms with Gasteiger partial charge in [-0.3, -0.25) is 4.79 Å². The van der Waals surface area contributed by atoms with Crippen molar-refractivity contribution in [3.8, 4) is 0 Å². The molecule has 3 nitrogen and oxygen atoms in total. The van der Waals surface area contributed by atoms with E-state index in [-0.39, 0.29) is 24.3 Å². The summed E-state index contributed by atoms with van der Waals surface area (Å²) >= 11 is 0. The minimum absolute atomic E-state index is 0.146. The van der Waals surface area contributed by atoms with Crippen LogP contribution in [0.4, 0.5) is 0 Å². The average Bonchev–Trinajstić information content (AvgIpc) is 2.51. The molecule has 3 unspecified atom stereocenters. The normalized spacial score (nSPS) is 26.4. The fourth-order valence-corrected chi connectivity index (χ4v) is 3.80. The fourth-order valence-electron chi connectivity index (χ4n) is 3.80. The van der Waals surface area contributed by atoms with Crippen molar-refractivity contribution < 1.29 is 9.90 Å². The van der Waals surface area contributed by atoms with Crippen LogP contribution >= 0.6 is 0 Å². The SMILES string of the molecule is CC1CC(C)CC(C(=O)NCC(CCO)c2ccccc2)C1. The maximum atomic E-state index is 12.5. The highest BCUT2D eigenvalue weighted by atomic mass is 16.3. The second kappa shape index (κ2) is 8.33. The zero-order valence-electron chi connectivity index (χ0n) is 13.8. The summed E-state index contributed by atoms with van der Waals surface area (Å²) in [5, 5.41) is 12.4. The zero-order chi connectivity index (χ0) is 15.9. The van der Waals surface area contributed by atoms with Gasteiger partial charge in [-0.2, -0.15) is 0 Å². The van der Waals surface area contributed by atoms with Crippen LogP contribution in [-0.2, 0) is 4.79 Å². The molecule has 3 atom stereocenters. The Morgan fingerprint density at radius 2 is 1.82 bits per heavy atom. The Morgan fingerprint density at radius 1 is 1.18 bits per heavy atom. The van der Waals surface area contributed by atoms with Crippen LogP contribution in [0.1, 0.15) is 51.0 Å². The first-order valence-corrected chi connectivity index (χ1v) is 8.53. The van der Waals surface area contributed by atoms with Crippen molar-refractivity contribution in [1.29, 1.82) is 0 Å². The summed E-state index contributed by atoms with van der Waals surface area (Å²) in [6, 6.07) is 10.1. The molecule has 22 heavy (non-hydrogen) atoms. The Morgan fingerprint density at radius 3 is 2.41 bits per heavy atom. The molecule has 0 heterocycles. The summed E-state index contributed by atoms with van der Waals surface area (Å²) in [6.45, 7) is 5.25. The number of rotatable bonds is 6. The number of carbonyl (C=O) groups is 1. The molecule has 3 heteroatoms. The van der Waals surface area contributed by atoms with Gasteiger partial charge in [0.15, 0.2) is 0 Å². The van der Waals surface area contributed by atoms with Crippen LogP contribution in [-0.4, -0.2) is 24.2 Å². The van der Waals surface area contributed by atoms with E-state index in [1.807, 2.05) is 18.2 Å². The van der Waals surface area contributed by atoms with Gasteiger partial charge in [-0.15, -0.1) is 0 Å². The van der Waals surface area contributed by atoms with Crippen LogP contribution in [0.15, 0.2) is 30.3 Å². The van der Waals surface area contributed by atoms with Crippen molar-refractivity contribution in [3.63, 3.8) is 0 Å². The maximum Gasteiger partial charge on any atom is 0.223 e. The first-order chi connectivity index (χ1) is 10.6. The van der Waals surface area contributed by atoms with Gasteiger partial charge in [-0.05, 0) is 43.1 Å². The van der Waals surface area contributed by atoms with Gasteiger partial charge in [-0.1, -0.05) is 44.2 Å². The first kappa shape index (κ1) is 17.0. The van der Waals surface area contributed by atoms with Gasteiger partial charge in [-0.25, -0.2) is 0 Å². The predicted molar refractivity (Wildman–Crippen MR) is 89.6 cm³/mol. The fraction of sp³-hybridized carbons (Fsp3) is 0.632. The largest absolute Gasteiger partial charge is 0.396 e. The van der Waals surface area contributed by atoms with Crippen molar-refractivity contribution in [3.05, 3.63) is 35.9 Å². The summed E-state index contributed by atoms with van der Waals surface area (Å²) in [5.41, 5.74) is 1.18. The summed E-state index contributed by atoms with van der Waals surface area (Å²) in [6.07, 6.45) is 3.93. The van der Waals surface area contributed by atoms with E-state index in [1.54, 1.807) is 0 Å². The number of carbonyl (C=O) groups excluding carboxylic acids is 1. The van der Waals surface area contributed by atoms with Crippen molar-refractivity contribution in [2.45, 2.75) is 45.4 Å². The van der Waals surface area contributed by atoms with Gasteiger partial charge < -0.3 is 10.4 Å². The Bertz CT molecular complexity index is 450. The molecule has 1 fully saturated rings. The highest BCUT2D eigenvalue weighted by molar-refractivity contribution is 5.78. The van der Waals surface area contributed by atoms with Crippen LogP contribution in [0.3, 0.4) is 0 Å². The highest BCUT2D eigenvalue weighted by Crippen LogP contribution is 2.33. The van der Waals surface area contributed by atoms with Crippen LogP contribution in [0.2, 0.25) is 0 Å². The summed E-state index contributed by atoms with van der Waals surface area (Å²) in [5.74, 6) is 1.82. The van der Waals surface area contributed by atoms with Gasteiger partial charge in [0.2, 0.25) is 5.91 Å². The second-order valence-electron chi connectivity index (χ2n) is 6.98. The standard InChI is InChI=1S/C19H29NO2/c1-14-10-15(2)12-18(11-14)19(22)20-13-17(8-9-21)16-6-4-3-5-7-16/h3-7,14-15,17-18,21H,8-13H2,1-2H3,(H,20,22). The summed E-state index contributed by atoms with van der Waals surface area (Å²) in [4.78, 5) is 12.5. The molecular formula is C19H29NO2. The van der Waals surface area contributed by atoms with Gasteiger partial charge in [0, 0.05) is 25.0 Å². The molecular weight excluding hydrogens is 274 g/mol. The molecule has 0 radical (unpaired) electrons. The average molecular weight is 303 g/mol. The van der Waals surface area contributed by atoms with E-state index in [9.17, 15) is 9.90 Å². The van der Waals surface area contributed by atoms with Gasteiger partial charge in [0.1, 0.15) is 0 Å². The molecule has 0 saturated heterocycles. The van der Waals surface area contributed by atoms with Gasteiger partial charge in [0.05, 0.1) is 0 Å². The van der Waals surface area contributed by atoms with Crippen LogP contribution in [0.5, 0.6) is 0 Å². The number of nitrogens with one attached hydrogen (secondary N) is 1. The number of hydrogen-bond acceptors (Lipinski definition) is 2.